The number of hydrogen-bond acceptors (Lipinski definition) is 2. The van der Waals surface area contributed by atoms with Gasteiger partial charge >= 0.3 is 0 Å². The van der Waals surface area contributed by atoms with E-state index in [1.54, 1.807) is 0 Å². The van der Waals surface area contributed by atoms with Crippen molar-refractivity contribution in [2.45, 2.75) is 38.8 Å². The first-order valence-electron chi connectivity index (χ1n) is 4.24. The molecule has 0 spiro atoms. The van der Waals surface area contributed by atoms with Crippen molar-refractivity contribution in [1.29, 1.82) is 0 Å². The van der Waals surface area contributed by atoms with Gasteiger partial charge in [0.1, 0.15) is 6.23 Å². The van der Waals surface area contributed by atoms with Gasteiger partial charge in [-0.3, -0.25) is 4.79 Å². The van der Waals surface area contributed by atoms with Gasteiger partial charge in [0, 0.05) is 6.61 Å². The SMILES string of the molecule is CCCCCOC1CC(=O)N1. The van der Waals surface area contributed by atoms with E-state index in [2.05, 4.69) is 12.2 Å². The molecular formula is C8H15NO2. The van der Waals surface area contributed by atoms with Crippen LogP contribution in [0, 0.1) is 0 Å². The molecule has 3 heteroatoms. The molecule has 0 radical (unpaired) electrons. The molecule has 1 aliphatic rings. The first-order valence-corrected chi connectivity index (χ1v) is 4.24. The van der Waals surface area contributed by atoms with E-state index in [1.165, 1.54) is 12.8 Å². The van der Waals surface area contributed by atoms with E-state index in [9.17, 15) is 4.79 Å². The van der Waals surface area contributed by atoms with Crippen LogP contribution in [0.3, 0.4) is 0 Å². The van der Waals surface area contributed by atoms with Crippen molar-refractivity contribution in [3.8, 4) is 0 Å². The van der Waals surface area contributed by atoms with E-state index in [4.69, 9.17) is 4.74 Å². The maximum atomic E-state index is 10.4. The van der Waals surface area contributed by atoms with Crippen LogP contribution in [0.5, 0.6) is 0 Å². The van der Waals surface area contributed by atoms with Crippen LogP contribution in [0.4, 0.5) is 0 Å². The summed E-state index contributed by atoms with van der Waals surface area (Å²) in [5.41, 5.74) is 0. The summed E-state index contributed by atoms with van der Waals surface area (Å²) in [6.07, 6.45) is 4.08. The van der Waals surface area contributed by atoms with Gasteiger partial charge in [-0.05, 0) is 6.42 Å². The van der Waals surface area contributed by atoms with Crippen LogP contribution < -0.4 is 5.32 Å². The highest BCUT2D eigenvalue weighted by Crippen LogP contribution is 2.06. The fourth-order valence-electron chi connectivity index (χ4n) is 1.01. The number of β-lactam (4-membered cyclic amide) rings is 1. The predicted molar refractivity (Wildman–Crippen MR) is 42.0 cm³/mol. The molecule has 0 aromatic carbocycles. The fraction of sp³-hybridized carbons (Fsp3) is 0.875. The van der Waals surface area contributed by atoms with Crippen LogP contribution in [0.1, 0.15) is 32.6 Å². The van der Waals surface area contributed by atoms with Gasteiger partial charge < -0.3 is 10.1 Å². The molecule has 0 aliphatic carbocycles. The van der Waals surface area contributed by atoms with E-state index in [1.807, 2.05) is 0 Å². The second kappa shape index (κ2) is 4.34. The molecule has 1 rings (SSSR count). The lowest BCUT2D eigenvalue weighted by atomic mass is 10.2. The molecule has 11 heavy (non-hydrogen) atoms. The average Bonchev–Trinajstić information content (AvgIpc) is 1.94. The lowest BCUT2D eigenvalue weighted by Crippen LogP contribution is -2.50. The summed E-state index contributed by atoms with van der Waals surface area (Å²) in [7, 11) is 0. The molecule has 1 unspecified atom stereocenters. The number of rotatable bonds is 5. The van der Waals surface area contributed by atoms with Gasteiger partial charge in [-0.15, -0.1) is 0 Å². The van der Waals surface area contributed by atoms with E-state index in [-0.39, 0.29) is 12.1 Å². The molecule has 1 saturated heterocycles. The van der Waals surface area contributed by atoms with E-state index in [0.29, 0.717) is 6.42 Å². The Hall–Kier alpha value is -0.570. The molecular weight excluding hydrogens is 142 g/mol. The summed E-state index contributed by atoms with van der Waals surface area (Å²) in [4.78, 5) is 10.4. The van der Waals surface area contributed by atoms with E-state index >= 15 is 0 Å². The molecule has 0 aromatic heterocycles. The van der Waals surface area contributed by atoms with E-state index in [0.717, 1.165) is 13.0 Å². The number of carbonyl (C=O) groups is 1. The number of amides is 1. The molecule has 1 fully saturated rings. The Balaban J connectivity index is 1.85. The largest absolute Gasteiger partial charge is 0.358 e. The standard InChI is InChI=1S/C8H15NO2/c1-2-3-4-5-11-8-6-7(10)9-8/h8H,2-6H2,1H3,(H,9,10). The Morgan fingerprint density at radius 3 is 2.91 bits per heavy atom. The van der Waals surface area contributed by atoms with Crippen LogP contribution in [-0.4, -0.2) is 18.7 Å². The molecule has 0 saturated carbocycles. The normalized spacial score (nSPS) is 22.6. The Morgan fingerprint density at radius 1 is 1.64 bits per heavy atom. The zero-order valence-electron chi connectivity index (χ0n) is 6.93. The maximum Gasteiger partial charge on any atom is 0.226 e. The third-order valence-corrected chi connectivity index (χ3v) is 1.76. The van der Waals surface area contributed by atoms with Crippen LogP contribution >= 0.6 is 0 Å². The van der Waals surface area contributed by atoms with Crippen molar-refractivity contribution < 1.29 is 9.53 Å². The Kier molecular flexibility index (Phi) is 3.36. The Bertz CT molecular complexity index is 128. The van der Waals surface area contributed by atoms with Gasteiger partial charge in [-0.25, -0.2) is 0 Å². The first-order chi connectivity index (χ1) is 5.33. The zero-order chi connectivity index (χ0) is 8.10. The maximum absolute atomic E-state index is 10.4. The second-order valence-corrected chi connectivity index (χ2v) is 2.84. The minimum atomic E-state index is 0.0133. The van der Waals surface area contributed by atoms with Gasteiger partial charge in [-0.1, -0.05) is 19.8 Å². The molecule has 1 heterocycles. The Labute approximate surface area is 67.1 Å². The minimum Gasteiger partial charge on any atom is -0.358 e. The van der Waals surface area contributed by atoms with Gasteiger partial charge in [0.2, 0.25) is 5.91 Å². The van der Waals surface area contributed by atoms with Crippen molar-refractivity contribution in [1.82, 2.24) is 5.32 Å². The molecule has 1 N–H and O–H groups in total. The quantitative estimate of drug-likeness (QED) is 0.478. The summed E-state index contributed by atoms with van der Waals surface area (Å²) in [5, 5.41) is 2.66. The topological polar surface area (TPSA) is 38.3 Å². The number of carbonyl (C=O) groups excluding carboxylic acids is 1. The second-order valence-electron chi connectivity index (χ2n) is 2.84. The lowest BCUT2D eigenvalue weighted by molar-refractivity contribution is -0.140. The minimum absolute atomic E-state index is 0.0133. The van der Waals surface area contributed by atoms with Crippen molar-refractivity contribution in [3.05, 3.63) is 0 Å². The first kappa shape index (κ1) is 8.53. The monoisotopic (exact) mass is 157 g/mol. The third kappa shape index (κ3) is 2.89. The van der Waals surface area contributed by atoms with E-state index < -0.39 is 0 Å². The molecule has 1 amide bonds. The fourth-order valence-corrected chi connectivity index (χ4v) is 1.01. The van der Waals surface area contributed by atoms with Crippen molar-refractivity contribution in [2.75, 3.05) is 6.61 Å². The number of ether oxygens (including phenoxy) is 1. The van der Waals surface area contributed by atoms with Gasteiger partial charge in [0.25, 0.3) is 0 Å². The van der Waals surface area contributed by atoms with Crippen molar-refractivity contribution in [3.63, 3.8) is 0 Å². The van der Waals surface area contributed by atoms with Crippen molar-refractivity contribution in [2.24, 2.45) is 0 Å². The van der Waals surface area contributed by atoms with Crippen molar-refractivity contribution >= 4 is 5.91 Å². The molecule has 3 nitrogen and oxygen atoms in total. The predicted octanol–water partition coefficient (Wildman–Crippen LogP) is 1.04. The average molecular weight is 157 g/mol. The van der Waals surface area contributed by atoms with Crippen LogP contribution in [-0.2, 0) is 9.53 Å². The van der Waals surface area contributed by atoms with Crippen LogP contribution in [0.2, 0.25) is 0 Å². The van der Waals surface area contributed by atoms with Gasteiger partial charge in [-0.2, -0.15) is 0 Å². The molecule has 0 bridgehead atoms. The summed E-state index contributed by atoms with van der Waals surface area (Å²) in [6.45, 7) is 2.93. The highest BCUT2D eigenvalue weighted by Gasteiger charge is 2.24. The third-order valence-electron chi connectivity index (χ3n) is 1.76. The number of hydrogen-bond donors (Lipinski definition) is 1. The zero-order valence-corrected chi connectivity index (χ0v) is 6.93. The highest BCUT2D eigenvalue weighted by molar-refractivity contribution is 5.82. The molecule has 1 atom stereocenters. The Morgan fingerprint density at radius 2 is 2.36 bits per heavy atom. The van der Waals surface area contributed by atoms with Gasteiger partial charge in [0.15, 0.2) is 0 Å². The summed E-state index contributed by atoms with van der Waals surface area (Å²) >= 11 is 0. The molecule has 64 valence electrons. The number of unbranched alkanes of at least 4 members (excludes halogenated alkanes) is 2. The summed E-state index contributed by atoms with van der Waals surface area (Å²) in [5.74, 6) is 0.102. The smallest absolute Gasteiger partial charge is 0.226 e. The molecule has 1 aliphatic heterocycles. The summed E-state index contributed by atoms with van der Waals surface area (Å²) < 4.78 is 5.32. The molecule has 0 aromatic rings. The lowest BCUT2D eigenvalue weighted by Gasteiger charge is -2.26. The number of nitrogens with one attached hydrogen (secondary N) is 1. The van der Waals surface area contributed by atoms with Crippen LogP contribution in [0.25, 0.3) is 0 Å². The summed E-state index contributed by atoms with van der Waals surface area (Å²) in [6, 6.07) is 0. The highest BCUT2D eigenvalue weighted by atomic mass is 16.5. The van der Waals surface area contributed by atoms with Crippen LogP contribution in [0.15, 0.2) is 0 Å². The van der Waals surface area contributed by atoms with Gasteiger partial charge in [0.05, 0.1) is 6.42 Å².